The predicted molar refractivity (Wildman–Crippen MR) is 126 cm³/mol. The van der Waals surface area contributed by atoms with Gasteiger partial charge in [0.05, 0.1) is 25.8 Å². The number of ether oxygens (including phenoxy) is 1. The summed E-state index contributed by atoms with van der Waals surface area (Å²) in [5.74, 6) is -0.0628. The molecule has 0 spiro atoms. The Labute approximate surface area is 184 Å². The van der Waals surface area contributed by atoms with Crippen molar-refractivity contribution in [3.63, 3.8) is 0 Å². The second-order valence-electron chi connectivity index (χ2n) is 7.83. The highest BCUT2D eigenvalue weighted by atomic mass is 16.5. The topological polar surface area (TPSA) is 53.6 Å². The molecule has 1 saturated heterocycles. The largest absolute Gasteiger partial charge is 0.378 e. The van der Waals surface area contributed by atoms with Crippen molar-refractivity contribution in [1.29, 1.82) is 0 Å². The molecule has 160 valence electrons. The summed E-state index contributed by atoms with van der Waals surface area (Å²) in [6.45, 7) is 5.61. The number of aryl methyl sites for hydroxylation is 1. The van der Waals surface area contributed by atoms with Gasteiger partial charge in [0.15, 0.2) is 0 Å². The Balaban J connectivity index is 1.38. The van der Waals surface area contributed by atoms with Crippen molar-refractivity contribution < 1.29 is 9.53 Å². The zero-order valence-corrected chi connectivity index (χ0v) is 17.9. The molecule has 3 aromatic carbocycles. The van der Waals surface area contributed by atoms with Crippen molar-refractivity contribution in [2.75, 3.05) is 43.1 Å². The van der Waals surface area contributed by atoms with E-state index in [4.69, 9.17) is 4.74 Å². The molecular formula is C26H29N3O2. The fourth-order valence-corrected chi connectivity index (χ4v) is 3.81. The van der Waals surface area contributed by atoms with E-state index in [0.29, 0.717) is 0 Å². The molecule has 3 aromatic rings. The first-order chi connectivity index (χ1) is 15.2. The Morgan fingerprint density at radius 1 is 0.903 bits per heavy atom. The van der Waals surface area contributed by atoms with E-state index in [1.54, 1.807) is 0 Å². The van der Waals surface area contributed by atoms with Crippen LogP contribution in [0.2, 0.25) is 0 Å². The molecule has 0 bridgehead atoms. The summed E-state index contributed by atoms with van der Waals surface area (Å²) in [7, 11) is 0. The number of anilines is 2. The standard InChI is InChI=1S/C26H29N3O2/c1-20-7-9-22(10-8-20)26(21-5-3-2-4-6-21)27-19-25(30)28-23-11-13-24(14-12-23)29-15-17-31-18-16-29/h2-14,26-27H,15-19H2,1H3,(H,28,30)/t26-/m0/s1. The number of amides is 1. The highest BCUT2D eigenvalue weighted by Crippen LogP contribution is 2.23. The average Bonchev–Trinajstić information content (AvgIpc) is 2.82. The summed E-state index contributed by atoms with van der Waals surface area (Å²) in [5, 5.41) is 6.42. The van der Waals surface area contributed by atoms with Crippen LogP contribution in [0.15, 0.2) is 78.9 Å². The maximum absolute atomic E-state index is 12.6. The molecule has 1 fully saturated rings. The summed E-state index contributed by atoms with van der Waals surface area (Å²) in [6.07, 6.45) is 0. The van der Waals surface area contributed by atoms with Crippen LogP contribution < -0.4 is 15.5 Å². The molecule has 1 aliphatic heterocycles. The van der Waals surface area contributed by atoms with Crippen LogP contribution in [0.25, 0.3) is 0 Å². The molecule has 31 heavy (non-hydrogen) atoms. The quantitative estimate of drug-likeness (QED) is 0.609. The van der Waals surface area contributed by atoms with Crippen LogP contribution in [-0.4, -0.2) is 38.8 Å². The van der Waals surface area contributed by atoms with Crippen molar-refractivity contribution in [2.24, 2.45) is 0 Å². The van der Waals surface area contributed by atoms with Gasteiger partial charge in [-0.2, -0.15) is 0 Å². The van der Waals surface area contributed by atoms with Crippen molar-refractivity contribution in [3.05, 3.63) is 95.6 Å². The summed E-state index contributed by atoms with van der Waals surface area (Å²) in [6, 6.07) is 26.6. The van der Waals surface area contributed by atoms with Gasteiger partial charge < -0.3 is 15.0 Å². The maximum Gasteiger partial charge on any atom is 0.238 e. The van der Waals surface area contributed by atoms with Crippen molar-refractivity contribution in [1.82, 2.24) is 5.32 Å². The van der Waals surface area contributed by atoms with E-state index in [0.717, 1.165) is 48.8 Å². The number of benzene rings is 3. The molecule has 1 heterocycles. The minimum absolute atomic E-state index is 0.0451. The van der Waals surface area contributed by atoms with E-state index < -0.39 is 0 Å². The summed E-state index contributed by atoms with van der Waals surface area (Å²) < 4.78 is 5.41. The van der Waals surface area contributed by atoms with Crippen LogP contribution in [0.4, 0.5) is 11.4 Å². The van der Waals surface area contributed by atoms with Crippen LogP contribution >= 0.6 is 0 Å². The van der Waals surface area contributed by atoms with E-state index in [2.05, 4.69) is 58.9 Å². The van der Waals surface area contributed by atoms with Gasteiger partial charge in [0.25, 0.3) is 0 Å². The zero-order valence-electron chi connectivity index (χ0n) is 17.9. The third-order valence-corrected chi connectivity index (χ3v) is 5.54. The Morgan fingerprint density at radius 2 is 1.55 bits per heavy atom. The Bertz CT molecular complexity index is 966. The van der Waals surface area contributed by atoms with Gasteiger partial charge in [-0.15, -0.1) is 0 Å². The third kappa shape index (κ3) is 5.72. The lowest BCUT2D eigenvalue weighted by Gasteiger charge is -2.28. The Morgan fingerprint density at radius 3 is 2.23 bits per heavy atom. The Hall–Kier alpha value is -3.15. The molecule has 5 nitrogen and oxygen atoms in total. The van der Waals surface area contributed by atoms with Crippen molar-refractivity contribution >= 4 is 17.3 Å². The van der Waals surface area contributed by atoms with E-state index in [9.17, 15) is 4.79 Å². The molecule has 4 rings (SSSR count). The molecule has 0 aliphatic carbocycles. The van der Waals surface area contributed by atoms with Gasteiger partial charge in [0, 0.05) is 24.5 Å². The minimum atomic E-state index is -0.0628. The second-order valence-corrected chi connectivity index (χ2v) is 7.83. The average molecular weight is 416 g/mol. The number of nitrogens with one attached hydrogen (secondary N) is 2. The van der Waals surface area contributed by atoms with Crippen LogP contribution in [0, 0.1) is 6.92 Å². The normalized spacial score (nSPS) is 14.8. The number of hydrogen-bond acceptors (Lipinski definition) is 4. The smallest absolute Gasteiger partial charge is 0.238 e. The number of hydrogen-bond donors (Lipinski definition) is 2. The monoisotopic (exact) mass is 415 g/mol. The van der Waals surface area contributed by atoms with Gasteiger partial charge >= 0.3 is 0 Å². The van der Waals surface area contributed by atoms with Gasteiger partial charge in [-0.05, 0) is 42.3 Å². The first-order valence-electron chi connectivity index (χ1n) is 10.8. The van der Waals surface area contributed by atoms with E-state index in [-0.39, 0.29) is 18.5 Å². The number of carbonyl (C=O) groups is 1. The molecule has 5 heteroatoms. The maximum atomic E-state index is 12.6. The van der Waals surface area contributed by atoms with Gasteiger partial charge in [-0.25, -0.2) is 0 Å². The lowest BCUT2D eigenvalue weighted by Crippen LogP contribution is -2.36. The first kappa shape index (κ1) is 21.1. The highest BCUT2D eigenvalue weighted by Gasteiger charge is 2.15. The van der Waals surface area contributed by atoms with E-state index >= 15 is 0 Å². The lowest BCUT2D eigenvalue weighted by atomic mass is 9.98. The fraction of sp³-hybridized carbons (Fsp3) is 0.269. The van der Waals surface area contributed by atoms with Crippen molar-refractivity contribution in [3.8, 4) is 0 Å². The van der Waals surface area contributed by atoms with Crippen LogP contribution in [0.3, 0.4) is 0 Å². The number of carbonyl (C=O) groups excluding carboxylic acids is 1. The molecule has 2 N–H and O–H groups in total. The third-order valence-electron chi connectivity index (χ3n) is 5.54. The van der Waals surface area contributed by atoms with Gasteiger partial charge in [0.1, 0.15) is 0 Å². The predicted octanol–water partition coefficient (Wildman–Crippen LogP) is 4.15. The lowest BCUT2D eigenvalue weighted by molar-refractivity contribution is -0.115. The zero-order chi connectivity index (χ0) is 21.5. The molecule has 0 radical (unpaired) electrons. The summed E-state index contributed by atoms with van der Waals surface area (Å²) in [5.41, 5.74) is 5.45. The molecule has 0 aromatic heterocycles. The molecule has 1 amide bonds. The van der Waals surface area contributed by atoms with E-state index in [1.807, 2.05) is 42.5 Å². The SMILES string of the molecule is Cc1ccc([C@@H](NCC(=O)Nc2ccc(N3CCOCC3)cc2)c2ccccc2)cc1. The molecule has 1 atom stereocenters. The van der Waals surface area contributed by atoms with Crippen LogP contribution in [0.1, 0.15) is 22.7 Å². The number of morpholine rings is 1. The van der Waals surface area contributed by atoms with Gasteiger partial charge in [-0.1, -0.05) is 60.2 Å². The Kier molecular flexibility index (Phi) is 6.97. The molecular weight excluding hydrogens is 386 g/mol. The number of rotatable bonds is 7. The van der Waals surface area contributed by atoms with Crippen molar-refractivity contribution in [2.45, 2.75) is 13.0 Å². The van der Waals surface area contributed by atoms with E-state index in [1.165, 1.54) is 5.56 Å². The molecule has 0 unspecified atom stereocenters. The van der Waals surface area contributed by atoms with Gasteiger partial charge in [-0.3, -0.25) is 10.1 Å². The van der Waals surface area contributed by atoms with Gasteiger partial charge in [0.2, 0.25) is 5.91 Å². The highest BCUT2D eigenvalue weighted by molar-refractivity contribution is 5.92. The van der Waals surface area contributed by atoms with Crippen LogP contribution in [-0.2, 0) is 9.53 Å². The van der Waals surface area contributed by atoms with Crippen LogP contribution in [0.5, 0.6) is 0 Å². The first-order valence-corrected chi connectivity index (χ1v) is 10.8. The summed E-state index contributed by atoms with van der Waals surface area (Å²) in [4.78, 5) is 14.9. The molecule has 0 saturated carbocycles. The molecule has 1 aliphatic rings. The second kappa shape index (κ2) is 10.2. The minimum Gasteiger partial charge on any atom is -0.378 e. The summed E-state index contributed by atoms with van der Waals surface area (Å²) >= 11 is 0. The fourth-order valence-electron chi connectivity index (χ4n) is 3.81. The number of nitrogens with zero attached hydrogens (tertiary/aromatic N) is 1.